The van der Waals surface area contributed by atoms with E-state index in [4.69, 9.17) is 28.9 Å². The van der Waals surface area contributed by atoms with Gasteiger partial charge in [0.1, 0.15) is 36.8 Å². The molecule has 12 heteroatoms. The van der Waals surface area contributed by atoms with E-state index in [1.165, 1.54) is 14.2 Å². The van der Waals surface area contributed by atoms with E-state index in [1.54, 1.807) is 6.08 Å². The number of ether oxygens (including phenoxy) is 6. The Kier molecular flexibility index (Phi) is 18.9. The largest absolute Gasteiger partial charge is 0.478 e. The molecule has 0 bridgehead atoms. The smallest absolute Gasteiger partial charge is 0.319 e. The van der Waals surface area contributed by atoms with E-state index in [0.717, 1.165) is 22.9 Å². The molecule has 0 radical (unpaired) electrons. The topological polar surface area (TPSA) is 148 Å². The van der Waals surface area contributed by atoms with Crippen LogP contribution in [0.3, 0.4) is 0 Å². The summed E-state index contributed by atoms with van der Waals surface area (Å²) in [7, 11) is 2.54. The van der Waals surface area contributed by atoms with Gasteiger partial charge in [-0.05, 0) is 35.8 Å². The van der Waals surface area contributed by atoms with Crippen molar-refractivity contribution in [1.29, 1.82) is 0 Å². The lowest BCUT2D eigenvalue weighted by atomic mass is 9.87. The maximum Gasteiger partial charge on any atom is 0.319 e. The van der Waals surface area contributed by atoms with Crippen molar-refractivity contribution in [3.63, 3.8) is 0 Å². The normalized spacial score (nSPS) is 20.6. The van der Waals surface area contributed by atoms with E-state index in [0.29, 0.717) is 33.0 Å². The van der Waals surface area contributed by atoms with Crippen molar-refractivity contribution in [1.82, 2.24) is 0 Å². The lowest BCUT2D eigenvalue weighted by Crippen LogP contribution is -2.41. The minimum atomic E-state index is -0.848. The number of carbonyl (C=O) groups excluding carboxylic acids is 4. The third-order valence-corrected chi connectivity index (χ3v) is 9.86. The van der Waals surface area contributed by atoms with Gasteiger partial charge in [0, 0.05) is 12.8 Å². The third kappa shape index (κ3) is 16.0. The van der Waals surface area contributed by atoms with Gasteiger partial charge in [0.2, 0.25) is 0 Å². The minimum absolute atomic E-state index is 0.115. The minimum Gasteiger partial charge on any atom is -0.478 e. The van der Waals surface area contributed by atoms with Crippen LogP contribution >= 0.6 is 0 Å². The van der Waals surface area contributed by atoms with Crippen molar-refractivity contribution in [2.75, 3.05) is 47.3 Å². The van der Waals surface area contributed by atoms with Crippen LogP contribution in [0.15, 0.2) is 82.8 Å². The van der Waals surface area contributed by atoms with E-state index >= 15 is 0 Å². The maximum absolute atomic E-state index is 11.8. The van der Waals surface area contributed by atoms with Gasteiger partial charge in [-0.2, -0.15) is 0 Å². The van der Waals surface area contributed by atoms with Crippen LogP contribution in [0.4, 0.5) is 0 Å². The highest BCUT2D eigenvalue weighted by atomic mass is 16.5. The number of esters is 2. The van der Waals surface area contributed by atoms with Gasteiger partial charge in [0.25, 0.3) is 0 Å². The zero-order valence-electron chi connectivity index (χ0n) is 36.5. The number of hydrogen-bond donors (Lipinski definition) is 0. The molecule has 0 spiro atoms. The highest BCUT2D eigenvalue weighted by Crippen LogP contribution is 2.35. The van der Waals surface area contributed by atoms with Crippen molar-refractivity contribution in [3.05, 3.63) is 83.9 Å². The molecule has 0 unspecified atom stereocenters. The number of carbonyl (C=O) groups is 4. The summed E-state index contributed by atoms with van der Waals surface area (Å²) in [4.78, 5) is 55.1. The van der Waals surface area contributed by atoms with Crippen LogP contribution in [0, 0.1) is 22.2 Å². The number of methoxy groups -OCH3 is 2. The molecule has 0 aromatic heterocycles. The molecule has 3 aliphatic heterocycles. The highest BCUT2D eigenvalue weighted by Gasteiger charge is 2.44. The molecule has 12 nitrogen and oxygen atoms in total. The van der Waals surface area contributed by atoms with Crippen LogP contribution in [0.25, 0.3) is 12.2 Å². The van der Waals surface area contributed by atoms with E-state index in [2.05, 4.69) is 64.9 Å². The Bertz CT molecular complexity index is 1740. The summed E-state index contributed by atoms with van der Waals surface area (Å²) < 4.78 is 31.6. The summed E-state index contributed by atoms with van der Waals surface area (Å²) in [6.45, 7) is 19.7. The summed E-state index contributed by atoms with van der Waals surface area (Å²) >= 11 is 0. The van der Waals surface area contributed by atoms with Gasteiger partial charge >= 0.3 is 11.9 Å². The van der Waals surface area contributed by atoms with Crippen molar-refractivity contribution >= 4 is 47.5 Å². The Labute approximate surface area is 350 Å². The summed E-state index contributed by atoms with van der Waals surface area (Å²) in [5.74, 6) is -0.661. The van der Waals surface area contributed by atoms with Gasteiger partial charge in [-0.25, -0.2) is 9.98 Å². The average Bonchev–Trinajstić information content (AvgIpc) is 3.93. The average molecular weight is 817 g/mol. The predicted octanol–water partition coefficient (Wildman–Crippen LogP) is 7.79. The molecule has 0 N–H and O–H groups in total. The van der Waals surface area contributed by atoms with Crippen molar-refractivity contribution in [3.8, 4) is 0 Å². The molecular formula is C47H64N2O10. The second kappa shape index (κ2) is 23.0. The molecule has 3 aliphatic rings. The molecule has 5 rings (SSSR count). The molecule has 3 heterocycles. The fourth-order valence-electron chi connectivity index (χ4n) is 5.88. The number of Topliss-reactive ketones (excluding diaryl/α,β-unsaturated/α-hetero) is 2. The molecular weight excluding hydrogens is 753 g/mol. The lowest BCUT2D eigenvalue weighted by Gasteiger charge is -2.26. The summed E-state index contributed by atoms with van der Waals surface area (Å²) in [5.41, 5.74) is 1.94. The van der Waals surface area contributed by atoms with Gasteiger partial charge in [-0.15, -0.1) is 0 Å². The molecule has 2 aromatic rings. The van der Waals surface area contributed by atoms with Gasteiger partial charge in [0.05, 0.1) is 52.2 Å². The standard InChI is InChI=1S/C17H30N2O2.C15H16O4.C15H18O4/c1-15(2,3)11-9-20-13(18-11)17(7,8)14-19-12(10-21-14)16(4,5)6;1-18-15(17)14-12(16)9-10-19-13(14)8-7-11-5-3-2-4-6-11;1-18-15(17)12-14(16)9-11-19-10-5-8-13-6-3-2-4-7-13/h11-12H,9-10H2,1-8H3;2-8,13-14H,9-10H2,1H3;2-8H,9-12H2,1H3/b;8-7+;8-5+/t11-,12-;13-,14+;/m11./s1. The third-order valence-electron chi connectivity index (χ3n) is 9.86. The van der Waals surface area contributed by atoms with Gasteiger partial charge < -0.3 is 28.4 Å². The molecule has 59 heavy (non-hydrogen) atoms. The van der Waals surface area contributed by atoms with E-state index < -0.39 is 24.0 Å². The Morgan fingerprint density at radius 3 is 1.76 bits per heavy atom. The SMILES string of the molecule is CC(C)(C1=N[C@@H](C(C)(C)C)CO1)C1=N[C@@H](C(C)(C)C)CO1.COC(=O)CC(=O)CCOC/C=C/c1ccccc1.COC(=O)[C@H]1C(=O)CCO[C@@H]1/C=C/c1ccccc1. The van der Waals surface area contributed by atoms with Gasteiger partial charge in [-0.3, -0.25) is 19.2 Å². The monoisotopic (exact) mass is 816 g/mol. The van der Waals surface area contributed by atoms with E-state index in [1.807, 2.05) is 78.9 Å². The van der Waals surface area contributed by atoms with Crippen LogP contribution in [-0.4, -0.2) is 101 Å². The zero-order valence-corrected chi connectivity index (χ0v) is 36.5. The maximum atomic E-state index is 11.8. The highest BCUT2D eigenvalue weighted by molar-refractivity contribution is 6.05. The van der Waals surface area contributed by atoms with Gasteiger partial charge in [0.15, 0.2) is 17.6 Å². The van der Waals surface area contributed by atoms with Crippen molar-refractivity contribution < 1.29 is 47.6 Å². The Balaban J connectivity index is 0.000000237. The number of benzene rings is 2. The first-order valence-corrected chi connectivity index (χ1v) is 20.1. The van der Waals surface area contributed by atoms with Crippen LogP contribution in [0.5, 0.6) is 0 Å². The quantitative estimate of drug-likeness (QED) is 0.112. The Morgan fingerprint density at radius 2 is 1.29 bits per heavy atom. The molecule has 322 valence electrons. The molecule has 0 saturated carbocycles. The second-order valence-corrected chi connectivity index (χ2v) is 17.1. The fraction of sp³-hybridized carbons (Fsp3) is 0.532. The summed E-state index contributed by atoms with van der Waals surface area (Å²) in [6, 6.07) is 19.9. The lowest BCUT2D eigenvalue weighted by molar-refractivity contribution is -0.158. The summed E-state index contributed by atoms with van der Waals surface area (Å²) in [5, 5.41) is 0. The first-order valence-electron chi connectivity index (χ1n) is 20.1. The van der Waals surface area contributed by atoms with Crippen LogP contribution in [0.2, 0.25) is 0 Å². The number of ketones is 2. The van der Waals surface area contributed by atoms with E-state index in [9.17, 15) is 19.2 Å². The first-order chi connectivity index (χ1) is 27.9. The molecule has 2 aromatic carbocycles. The van der Waals surface area contributed by atoms with Crippen molar-refractivity contribution in [2.45, 2.75) is 92.8 Å². The zero-order chi connectivity index (χ0) is 43.6. The Morgan fingerprint density at radius 1 is 0.763 bits per heavy atom. The van der Waals surface area contributed by atoms with E-state index in [-0.39, 0.29) is 59.2 Å². The molecule has 1 fully saturated rings. The van der Waals surface area contributed by atoms with Crippen LogP contribution < -0.4 is 0 Å². The van der Waals surface area contributed by atoms with Crippen LogP contribution in [-0.2, 0) is 47.6 Å². The summed E-state index contributed by atoms with van der Waals surface area (Å²) in [6.07, 6.45) is 7.20. The number of rotatable bonds is 13. The fourth-order valence-corrected chi connectivity index (χ4v) is 5.88. The molecule has 4 atom stereocenters. The van der Waals surface area contributed by atoms with Gasteiger partial charge in [-0.1, -0.05) is 127 Å². The number of aliphatic imine (C=N–C) groups is 2. The predicted molar refractivity (Wildman–Crippen MR) is 230 cm³/mol. The molecule has 0 amide bonds. The molecule has 1 saturated heterocycles. The van der Waals surface area contributed by atoms with Crippen LogP contribution in [0.1, 0.15) is 85.8 Å². The number of nitrogens with zero attached hydrogens (tertiary/aromatic N) is 2. The Hall–Kier alpha value is -4.94. The molecule has 0 aliphatic carbocycles. The first kappa shape index (κ1) is 48.4. The van der Waals surface area contributed by atoms with Crippen molar-refractivity contribution in [2.24, 2.45) is 32.1 Å². The number of hydrogen-bond acceptors (Lipinski definition) is 12. The second-order valence-electron chi connectivity index (χ2n) is 17.1.